The number of carbonyl (C=O) groups excluding carboxylic acids is 1. The van der Waals surface area contributed by atoms with Crippen molar-refractivity contribution in [3.63, 3.8) is 0 Å². The van der Waals surface area contributed by atoms with Gasteiger partial charge in [0.2, 0.25) is 6.79 Å². The monoisotopic (exact) mass is 431 g/mol. The molecule has 1 aromatic carbocycles. The normalized spacial score (nSPS) is 16.8. The Morgan fingerprint density at radius 1 is 1.26 bits per heavy atom. The Labute approximate surface area is 174 Å². The van der Waals surface area contributed by atoms with E-state index in [1.165, 1.54) is 11.3 Å². The molecule has 6 nitrogen and oxygen atoms in total. The van der Waals surface area contributed by atoms with E-state index in [0.29, 0.717) is 12.2 Å². The maximum atomic E-state index is 12.4. The second-order valence-corrected chi connectivity index (χ2v) is 7.71. The van der Waals surface area contributed by atoms with Gasteiger partial charge in [0.1, 0.15) is 10.7 Å². The number of halogens is 2. The smallest absolute Gasteiger partial charge is 0.270 e. The van der Waals surface area contributed by atoms with E-state index in [-0.39, 0.29) is 42.9 Å². The first-order valence-corrected chi connectivity index (χ1v) is 9.35. The second-order valence-electron chi connectivity index (χ2n) is 6.85. The van der Waals surface area contributed by atoms with Crippen molar-refractivity contribution < 1.29 is 14.3 Å². The van der Waals surface area contributed by atoms with Crippen LogP contribution in [0.2, 0.25) is 0 Å². The minimum atomic E-state index is -0.108. The number of benzene rings is 1. The number of aromatic nitrogens is 1. The highest BCUT2D eigenvalue weighted by Crippen LogP contribution is 2.36. The summed E-state index contributed by atoms with van der Waals surface area (Å²) >= 11 is 1.46. The number of ether oxygens (including phenoxy) is 2. The van der Waals surface area contributed by atoms with Crippen LogP contribution in [0.4, 0.5) is 0 Å². The number of fused-ring (bicyclic) bond motifs is 1. The Balaban J connectivity index is 0.00000131. The van der Waals surface area contributed by atoms with Gasteiger partial charge in [0.25, 0.3) is 5.91 Å². The number of nitrogens with one attached hydrogen (secondary N) is 2. The second kappa shape index (κ2) is 9.10. The molecule has 148 valence electrons. The van der Waals surface area contributed by atoms with Gasteiger partial charge in [-0.1, -0.05) is 6.92 Å². The summed E-state index contributed by atoms with van der Waals surface area (Å²) in [6.07, 6.45) is 2.15. The third kappa shape index (κ3) is 4.85. The number of hydrogen-bond acceptors (Lipinski definition) is 6. The van der Waals surface area contributed by atoms with Crippen molar-refractivity contribution >= 4 is 42.1 Å². The topological polar surface area (TPSA) is 72.5 Å². The van der Waals surface area contributed by atoms with Gasteiger partial charge < -0.3 is 20.1 Å². The fourth-order valence-corrected chi connectivity index (χ4v) is 3.93. The molecule has 27 heavy (non-hydrogen) atoms. The van der Waals surface area contributed by atoms with Crippen LogP contribution in [0.5, 0.6) is 11.5 Å². The number of rotatable bonds is 4. The summed E-state index contributed by atoms with van der Waals surface area (Å²) in [5.41, 5.74) is 1.56. The quantitative estimate of drug-likeness (QED) is 0.774. The van der Waals surface area contributed by atoms with Gasteiger partial charge in [-0.05, 0) is 49.5 Å². The number of thiazole rings is 1. The Kier molecular flexibility index (Phi) is 7.33. The highest BCUT2D eigenvalue weighted by Gasteiger charge is 2.27. The standard InChI is InChI=1S/C18H21N3O3S.2ClH/c1-18(4-6-19-7-5-18)10-20-16(22)13-9-25-17(21-13)12-2-3-14-15(8-12)24-11-23-14;;/h2-3,8-9,19H,4-7,10-11H2,1H3,(H,20,22);2*1H. The van der Waals surface area contributed by atoms with E-state index in [2.05, 4.69) is 22.5 Å². The Morgan fingerprint density at radius 2 is 2.00 bits per heavy atom. The van der Waals surface area contributed by atoms with Crippen LogP contribution in [0.25, 0.3) is 10.6 Å². The average Bonchev–Trinajstić information content (AvgIpc) is 3.29. The summed E-state index contributed by atoms with van der Waals surface area (Å²) in [4.78, 5) is 16.9. The zero-order chi connectivity index (χ0) is 17.3. The fourth-order valence-electron chi connectivity index (χ4n) is 3.13. The highest BCUT2D eigenvalue weighted by molar-refractivity contribution is 7.13. The molecule has 0 radical (unpaired) electrons. The minimum Gasteiger partial charge on any atom is -0.454 e. The van der Waals surface area contributed by atoms with E-state index in [0.717, 1.165) is 48.0 Å². The molecule has 0 unspecified atom stereocenters. The molecule has 3 heterocycles. The van der Waals surface area contributed by atoms with Crippen LogP contribution in [-0.4, -0.2) is 37.3 Å². The van der Waals surface area contributed by atoms with E-state index < -0.39 is 0 Å². The van der Waals surface area contributed by atoms with Crippen molar-refractivity contribution in [2.75, 3.05) is 26.4 Å². The fraction of sp³-hybridized carbons (Fsp3) is 0.444. The molecular weight excluding hydrogens is 409 g/mol. The van der Waals surface area contributed by atoms with Crippen LogP contribution < -0.4 is 20.1 Å². The van der Waals surface area contributed by atoms with E-state index in [1.54, 1.807) is 5.38 Å². The molecule has 2 aliphatic heterocycles. The third-order valence-electron chi connectivity index (χ3n) is 4.84. The zero-order valence-electron chi connectivity index (χ0n) is 14.9. The van der Waals surface area contributed by atoms with Gasteiger partial charge in [0.15, 0.2) is 11.5 Å². The lowest BCUT2D eigenvalue weighted by Crippen LogP contribution is -2.42. The SMILES string of the molecule is CC1(CNC(=O)c2csc(-c3ccc4c(c3)OCO4)n2)CCNCC1.Cl.Cl. The van der Waals surface area contributed by atoms with Gasteiger partial charge in [-0.25, -0.2) is 4.98 Å². The molecule has 1 saturated heterocycles. The van der Waals surface area contributed by atoms with Crippen LogP contribution in [0, 0.1) is 5.41 Å². The summed E-state index contributed by atoms with van der Waals surface area (Å²) in [6, 6.07) is 5.71. The number of carbonyl (C=O) groups is 1. The Morgan fingerprint density at radius 3 is 2.78 bits per heavy atom. The van der Waals surface area contributed by atoms with Crippen molar-refractivity contribution in [3.05, 3.63) is 29.3 Å². The molecule has 1 amide bonds. The van der Waals surface area contributed by atoms with Gasteiger partial charge >= 0.3 is 0 Å². The van der Waals surface area contributed by atoms with Crippen molar-refractivity contribution in [1.82, 2.24) is 15.6 Å². The maximum absolute atomic E-state index is 12.4. The molecule has 0 bridgehead atoms. The molecule has 2 aliphatic rings. The lowest BCUT2D eigenvalue weighted by Gasteiger charge is -2.34. The van der Waals surface area contributed by atoms with Gasteiger partial charge in [-0.3, -0.25) is 4.79 Å². The average molecular weight is 432 g/mol. The summed E-state index contributed by atoms with van der Waals surface area (Å²) in [7, 11) is 0. The van der Waals surface area contributed by atoms with E-state index in [9.17, 15) is 4.79 Å². The van der Waals surface area contributed by atoms with Gasteiger partial charge in [0.05, 0.1) is 0 Å². The maximum Gasteiger partial charge on any atom is 0.270 e. The summed E-state index contributed by atoms with van der Waals surface area (Å²) < 4.78 is 10.7. The van der Waals surface area contributed by atoms with Crippen LogP contribution in [0.15, 0.2) is 23.6 Å². The highest BCUT2D eigenvalue weighted by atomic mass is 35.5. The van der Waals surface area contributed by atoms with Crippen LogP contribution >= 0.6 is 36.2 Å². The summed E-state index contributed by atoms with van der Waals surface area (Å²) in [5, 5.41) is 9.01. The van der Waals surface area contributed by atoms with Crippen molar-refractivity contribution in [1.29, 1.82) is 0 Å². The number of nitrogens with zero attached hydrogens (tertiary/aromatic N) is 1. The largest absolute Gasteiger partial charge is 0.454 e. The lowest BCUT2D eigenvalue weighted by molar-refractivity contribution is 0.0918. The predicted molar refractivity (Wildman–Crippen MR) is 111 cm³/mol. The van der Waals surface area contributed by atoms with Crippen LogP contribution in [-0.2, 0) is 0 Å². The molecule has 4 rings (SSSR count). The van der Waals surface area contributed by atoms with Gasteiger partial charge in [-0.15, -0.1) is 36.2 Å². The van der Waals surface area contributed by atoms with E-state index in [1.807, 2.05) is 18.2 Å². The first-order valence-electron chi connectivity index (χ1n) is 8.47. The molecule has 2 aromatic rings. The van der Waals surface area contributed by atoms with Gasteiger partial charge in [-0.2, -0.15) is 0 Å². The van der Waals surface area contributed by atoms with Crippen LogP contribution in [0.1, 0.15) is 30.3 Å². The van der Waals surface area contributed by atoms with E-state index >= 15 is 0 Å². The lowest BCUT2D eigenvalue weighted by atomic mass is 9.81. The van der Waals surface area contributed by atoms with Crippen molar-refractivity contribution in [2.24, 2.45) is 5.41 Å². The molecule has 1 fully saturated rings. The first-order chi connectivity index (χ1) is 12.1. The zero-order valence-corrected chi connectivity index (χ0v) is 17.4. The van der Waals surface area contributed by atoms with Crippen LogP contribution in [0.3, 0.4) is 0 Å². The molecule has 2 N–H and O–H groups in total. The number of piperidine rings is 1. The third-order valence-corrected chi connectivity index (χ3v) is 5.73. The predicted octanol–water partition coefficient (Wildman–Crippen LogP) is 3.50. The molecule has 0 atom stereocenters. The Hall–Kier alpha value is -1.54. The number of hydrogen-bond donors (Lipinski definition) is 2. The molecule has 0 saturated carbocycles. The first kappa shape index (κ1) is 21.8. The minimum absolute atomic E-state index is 0. The number of amides is 1. The van der Waals surface area contributed by atoms with Gasteiger partial charge in [0, 0.05) is 17.5 Å². The summed E-state index contributed by atoms with van der Waals surface area (Å²) in [6.45, 7) is 5.19. The van der Waals surface area contributed by atoms with Crippen molar-refractivity contribution in [2.45, 2.75) is 19.8 Å². The molecule has 1 aromatic heterocycles. The Bertz CT molecular complexity index is 794. The molecular formula is C18H23Cl2N3O3S. The molecule has 0 spiro atoms. The van der Waals surface area contributed by atoms with Crippen molar-refractivity contribution in [3.8, 4) is 22.1 Å². The summed E-state index contributed by atoms with van der Waals surface area (Å²) in [5.74, 6) is 1.36. The van der Waals surface area contributed by atoms with E-state index in [4.69, 9.17) is 9.47 Å². The molecule has 9 heteroatoms. The molecule has 0 aliphatic carbocycles.